The van der Waals surface area contributed by atoms with E-state index < -0.39 is 0 Å². The summed E-state index contributed by atoms with van der Waals surface area (Å²) in [5, 5.41) is 3.63. The fraction of sp³-hybridized carbons (Fsp3) is 0.400. The summed E-state index contributed by atoms with van der Waals surface area (Å²) in [5.74, 6) is -0.531. The molecule has 0 radical (unpaired) electrons. The SMILES string of the molecule is CCC(C)(CC)NC(=O)c1sc2ccc(F)cc2c1N. The molecule has 108 valence electrons. The van der Waals surface area contributed by atoms with Crippen molar-refractivity contribution in [2.75, 3.05) is 5.73 Å². The van der Waals surface area contributed by atoms with Crippen molar-refractivity contribution in [1.29, 1.82) is 0 Å². The normalized spacial score (nSPS) is 11.8. The van der Waals surface area contributed by atoms with Crippen LogP contribution in [0.5, 0.6) is 0 Å². The Bertz CT molecular complexity index is 647. The second kappa shape index (κ2) is 5.40. The molecule has 1 heterocycles. The molecule has 0 atom stereocenters. The van der Waals surface area contributed by atoms with E-state index in [9.17, 15) is 9.18 Å². The van der Waals surface area contributed by atoms with E-state index in [2.05, 4.69) is 5.32 Å². The monoisotopic (exact) mass is 294 g/mol. The number of fused-ring (bicyclic) bond motifs is 1. The summed E-state index contributed by atoms with van der Waals surface area (Å²) in [6, 6.07) is 4.40. The van der Waals surface area contributed by atoms with Crippen LogP contribution in [-0.4, -0.2) is 11.4 Å². The molecule has 3 nitrogen and oxygen atoms in total. The molecule has 0 aliphatic rings. The topological polar surface area (TPSA) is 55.1 Å². The van der Waals surface area contributed by atoms with Crippen molar-refractivity contribution in [1.82, 2.24) is 5.32 Å². The number of anilines is 1. The van der Waals surface area contributed by atoms with Crippen molar-refractivity contribution in [2.24, 2.45) is 0 Å². The molecule has 1 aromatic carbocycles. The summed E-state index contributed by atoms with van der Waals surface area (Å²) in [5.41, 5.74) is 6.11. The molecule has 0 aliphatic heterocycles. The third kappa shape index (κ3) is 2.63. The maximum absolute atomic E-state index is 13.3. The van der Waals surface area contributed by atoms with Gasteiger partial charge in [0.25, 0.3) is 5.91 Å². The smallest absolute Gasteiger partial charge is 0.263 e. The van der Waals surface area contributed by atoms with Gasteiger partial charge in [-0.2, -0.15) is 0 Å². The summed E-state index contributed by atoms with van der Waals surface area (Å²) < 4.78 is 14.1. The van der Waals surface area contributed by atoms with E-state index in [0.29, 0.717) is 16.0 Å². The van der Waals surface area contributed by atoms with Crippen LogP contribution in [-0.2, 0) is 0 Å². The summed E-state index contributed by atoms with van der Waals surface area (Å²) in [4.78, 5) is 12.8. The first-order valence-corrected chi connectivity index (χ1v) is 7.52. The number of nitrogens with two attached hydrogens (primary N) is 1. The molecule has 0 bridgehead atoms. The van der Waals surface area contributed by atoms with Crippen LogP contribution in [0.4, 0.5) is 10.1 Å². The minimum Gasteiger partial charge on any atom is -0.397 e. The number of thiophene rings is 1. The van der Waals surface area contributed by atoms with Gasteiger partial charge in [-0.05, 0) is 38.0 Å². The minimum atomic E-state index is -0.346. The maximum atomic E-state index is 13.3. The van der Waals surface area contributed by atoms with Crippen LogP contribution in [0.2, 0.25) is 0 Å². The van der Waals surface area contributed by atoms with Crippen molar-refractivity contribution < 1.29 is 9.18 Å². The lowest BCUT2D eigenvalue weighted by Crippen LogP contribution is -2.44. The predicted molar refractivity (Wildman–Crippen MR) is 82.6 cm³/mol. The lowest BCUT2D eigenvalue weighted by molar-refractivity contribution is 0.0906. The Morgan fingerprint density at radius 3 is 2.65 bits per heavy atom. The number of hydrogen-bond donors (Lipinski definition) is 2. The van der Waals surface area contributed by atoms with Crippen LogP contribution in [0, 0.1) is 5.82 Å². The zero-order chi connectivity index (χ0) is 14.9. The van der Waals surface area contributed by atoms with Crippen LogP contribution >= 0.6 is 11.3 Å². The van der Waals surface area contributed by atoms with Gasteiger partial charge in [0, 0.05) is 15.6 Å². The Kier molecular flexibility index (Phi) is 3.99. The fourth-order valence-electron chi connectivity index (χ4n) is 2.02. The van der Waals surface area contributed by atoms with Gasteiger partial charge in [0.1, 0.15) is 10.7 Å². The molecule has 2 rings (SSSR count). The second-order valence-electron chi connectivity index (χ2n) is 5.21. The highest BCUT2D eigenvalue weighted by atomic mass is 32.1. The van der Waals surface area contributed by atoms with Gasteiger partial charge in [0.15, 0.2) is 0 Å². The highest BCUT2D eigenvalue weighted by molar-refractivity contribution is 7.21. The van der Waals surface area contributed by atoms with Gasteiger partial charge in [-0.15, -0.1) is 11.3 Å². The molecule has 0 fully saturated rings. The van der Waals surface area contributed by atoms with Crippen LogP contribution in [0.1, 0.15) is 43.3 Å². The number of hydrogen-bond acceptors (Lipinski definition) is 3. The van der Waals surface area contributed by atoms with E-state index in [1.165, 1.54) is 23.5 Å². The standard InChI is InChI=1S/C15H19FN2OS/c1-4-15(3,5-2)18-14(19)13-12(17)10-8-9(16)6-7-11(10)20-13/h6-8H,4-5,17H2,1-3H3,(H,18,19). The van der Waals surface area contributed by atoms with E-state index in [-0.39, 0.29) is 17.3 Å². The Morgan fingerprint density at radius 1 is 1.40 bits per heavy atom. The van der Waals surface area contributed by atoms with Gasteiger partial charge in [-0.3, -0.25) is 4.79 Å². The first-order valence-electron chi connectivity index (χ1n) is 6.70. The molecule has 1 amide bonds. The van der Waals surface area contributed by atoms with Gasteiger partial charge in [-0.25, -0.2) is 4.39 Å². The Balaban J connectivity index is 2.38. The fourth-order valence-corrected chi connectivity index (χ4v) is 3.01. The summed E-state index contributed by atoms with van der Waals surface area (Å²) >= 11 is 1.30. The highest BCUT2D eigenvalue weighted by Gasteiger charge is 2.25. The largest absolute Gasteiger partial charge is 0.397 e. The number of nitrogen functional groups attached to an aromatic ring is 1. The van der Waals surface area contributed by atoms with E-state index in [1.807, 2.05) is 20.8 Å². The van der Waals surface area contributed by atoms with Gasteiger partial charge in [-0.1, -0.05) is 13.8 Å². The van der Waals surface area contributed by atoms with E-state index >= 15 is 0 Å². The molecule has 5 heteroatoms. The first kappa shape index (κ1) is 14.8. The number of nitrogens with one attached hydrogen (secondary N) is 1. The maximum Gasteiger partial charge on any atom is 0.263 e. The molecule has 0 spiro atoms. The lowest BCUT2D eigenvalue weighted by Gasteiger charge is -2.28. The molecule has 3 N–H and O–H groups in total. The summed E-state index contributed by atoms with van der Waals surface area (Å²) in [7, 11) is 0. The zero-order valence-corrected chi connectivity index (χ0v) is 12.7. The first-order chi connectivity index (χ1) is 9.40. The van der Waals surface area contributed by atoms with E-state index in [4.69, 9.17) is 5.73 Å². The number of rotatable bonds is 4. The number of carbonyl (C=O) groups excluding carboxylic acids is 1. The van der Waals surface area contributed by atoms with E-state index in [0.717, 1.165) is 17.5 Å². The number of halogens is 1. The van der Waals surface area contributed by atoms with Crippen LogP contribution in [0.25, 0.3) is 10.1 Å². The van der Waals surface area contributed by atoms with Crippen molar-refractivity contribution in [3.8, 4) is 0 Å². The molecule has 2 aromatic rings. The molecule has 0 saturated carbocycles. The lowest BCUT2D eigenvalue weighted by atomic mass is 9.95. The number of benzene rings is 1. The average Bonchev–Trinajstić information content (AvgIpc) is 2.76. The third-order valence-electron chi connectivity index (χ3n) is 3.87. The highest BCUT2D eigenvalue weighted by Crippen LogP contribution is 2.34. The molecular formula is C15H19FN2OS. The quantitative estimate of drug-likeness (QED) is 0.897. The van der Waals surface area contributed by atoms with Gasteiger partial charge >= 0.3 is 0 Å². The molecular weight excluding hydrogens is 275 g/mol. The molecule has 20 heavy (non-hydrogen) atoms. The Hall–Kier alpha value is -1.62. The summed E-state index contributed by atoms with van der Waals surface area (Å²) in [6.07, 6.45) is 1.68. The van der Waals surface area contributed by atoms with Gasteiger partial charge in [0.05, 0.1) is 5.69 Å². The minimum absolute atomic E-state index is 0.185. The second-order valence-corrected chi connectivity index (χ2v) is 6.26. The third-order valence-corrected chi connectivity index (χ3v) is 5.06. The van der Waals surface area contributed by atoms with Crippen LogP contribution in [0.15, 0.2) is 18.2 Å². The van der Waals surface area contributed by atoms with Crippen LogP contribution < -0.4 is 11.1 Å². The van der Waals surface area contributed by atoms with Crippen molar-refractivity contribution >= 4 is 33.0 Å². The Morgan fingerprint density at radius 2 is 2.05 bits per heavy atom. The zero-order valence-electron chi connectivity index (χ0n) is 11.9. The van der Waals surface area contributed by atoms with Crippen molar-refractivity contribution in [3.05, 3.63) is 28.9 Å². The molecule has 1 aromatic heterocycles. The number of carbonyl (C=O) groups is 1. The molecule has 0 unspecified atom stereocenters. The Labute approximate surface area is 122 Å². The van der Waals surface area contributed by atoms with Crippen molar-refractivity contribution in [2.45, 2.75) is 39.2 Å². The van der Waals surface area contributed by atoms with E-state index in [1.54, 1.807) is 6.07 Å². The average molecular weight is 294 g/mol. The van der Waals surface area contributed by atoms with Crippen LogP contribution in [0.3, 0.4) is 0 Å². The summed E-state index contributed by atoms with van der Waals surface area (Å²) in [6.45, 7) is 6.08. The molecule has 0 saturated heterocycles. The molecule has 0 aliphatic carbocycles. The van der Waals surface area contributed by atoms with Gasteiger partial charge in [0.2, 0.25) is 0 Å². The van der Waals surface area contributed by atoms with Crippen molar-refractivity contribution in [3.63, 3.8) is 0 Å². The van der Waals surface area contributed by atoms with Gasteiger partial charge < -0.3 is 11.1 Å². The number of amides is 1. The predicted octanol–water partition coefficient (Wildman–Crippen LogP) is 3.93.